The average Bonchev–Trinajstić information content (AvgIpc) is 3.59. The van der Waals surface area contributed by atoms with Crippen molar-refractivity contribution in [1.82, 2.24) is 9.97 Å². The van der Waals surface area contributed by atoms with Crippen LogP contribution in [0.15, 0.2) is 85.6 Å². The summed E-state index contributed by atoms with van der Waals surface area (Å²) in [5, 5.41) is 8.80. The van der Waals surface area contributed by atoms with Crippen LogP contribution in [-0.4, -0.2) is 48.9 Å². The zero-order valence-corrected chi connectivity index (χ0v) is 36.5. The molecule has 0 saturated carbocycles. The molecule has 0 bridgehead atoms. The Balaban J connectivity index is 0.00000225. The first-order valence-electron chi connectivity index (χ1n) is 12.8. The molecule has 15 nitrogen and oxygen atoms in total. The molecule has 2 aromatic heterocycles. The molecule has 4 aromatic carbocycles. The maximum Gasteiger partial charge on any atom is 1.00 e. The number of benzene rings is 4. The number of thiazole rings is 2. The van der Waals surface area contributed by atoms with E-state index >= 15 is 0 Å². The van der Waals surface area contributed by atoms with Gasteiger partial charge in [-0.1, -0.05) is 6.07 Å². The smallest absolute Gasteiger partial charge is 0.744 e. The Labute approximate surface area is 359 Å². The number of nitrogen functional groups attached to an aromatic ring is 2. The second kappa shape index (κ2) is 15.9. The quantitative estimate of drug-likeness (QED) is 0.0673. The van der Waals surface area contributed by atoms with Crippen molar-refractivity contribution >= 4 is 96.2 Å². The van der Waals surface area contributed by atoms with Gasteiger partial charge in [-0.25, -0.2) is 35.2 Å². The van der Waals surface area contributed by atoms with E-state index in [0.717, 1.165) is 16.0 Å². The summed E-state index contributed by atoms with van der Waals surface area (Å²) in [6.45, 7) is 1.55. The molecule has 6 rings (SSSR count). The van der Waals surface area contributed by atoms with Crippen LogP contribution in [0, 0.1) is 6.92 Å². The van der Waals surface area contributed by atoms with Gasteiger partial charge in [0.1, 0.15) is 46.1 Å². The number of nitrogens with zero attached hydrogens (tertiary/aromatic N) is 4. The number of anilines is 2. The molecule has 0 aliphatic rings. The fourth-order valence-electron chi connectivity index (χ4n) is 4.63. The van der Waals surface area contributed by atoms with Crippen LogP contribution in [0.1, 0.15) is 5.56 Å². The molecule has 2 heterocycles. The molecule has 0 unspecified atom stereocenters. The van der Waals surface area contributed by atoms with E-state index in [-0.39, 0.29) is 99.3 Å². The van der Waals surface area contributed by atoms with Crippen molar-refractivity contribution in [3.8, 4) is 21.1 Å². The zero-order chi connectivity index (χ0) is 34.1. The van der Waals surface area contributed by atoms with Crippen molar-refractivity contribution in [3.05, 3.63) is 66.2 Å². The predicted molar refractivity (Wildman–Crippen MR) is 172 cm³/mol. The molecule has 0 amide bonds. The summed E-state index contributed by atoms with van der Waals surface area (Å²) >= 11 is 2.47. The first-order valence-corrected chi connectivity index (χ1v) is 18.7. The molecule has 0 atom stereocenters. The van der Waals surface area contributed by atoms with Gasteiger partial charge >= 0.3 is 88.7 Å². The molecule has 0 saturated heterocycles. The van der Waals surface area contributed by atoms with Gasteiger partial charge in [0.2, 0.25) is 0 Å². The van der Waals surface area contributed by atoms with Gasteiger partial charge in [-0.2, -0.15) is 5.11 Å². The second-order valence-electron chi connectivity index (χ2n) is 9.94. The van der Waals surface area contributed by atoms with E-state index in [2.05, 4.69) is 20.2 Å². The maximum absolute atomic E-state index is 11.9. The number of hydrogen-bond acceptors (Lipinski definition) is 17. The molecule has 242 valence electrons. The molecular weight excluding hydrogens is 782 g/mol. The van der Waals surface area contributed by atoms with E-state index in [1.807, 2.05) is 6.07 Å². The van der Waals surface area contributed by atoms with Crippen LogP contribution < -0.4 is 100 Å². The van der Waals surface area contributed by atoms with Gasteiger partial charge in [0, 0.05) is 11.1 Å². The van der Waals surface area contributed by atoms with E-state index < -0.39 is 57.2 Å². The van der Waals surface area contributed by atoms with E-state index in [0.29, 0.717) is 48.5 Å². The summed E-state index contributed by atoms with van der Waals surface area (Å²) in [7, 11) is -15.3. The van der Waals surface area contributed by atoms with Gasteiger partial charge in [-0.15, -0.1) is 27.8 Å². The Bertz CT molecular complexity index is 2590. The molecule has 4 N–H and O–H groups in total. The van der Waals surface area contributed by atoms with Gasteiger partial charge < -0.3 is 25.1 Å². The topological polar surface area (TPSA) is 274 Å². The summed E-state index contributed by atoms with van der Waals surface area (Å²) in [6.07, 6.45) is 0. The fourth-order valence-corrected chi connectivity index (χ4v) is 9.26. The molecule has 6 aromatic rings. The Morgan fingerprint density at radius 1 is 0.640 bits per heavy atom. The standard InChI is InChI=1S/C27H20N6O9S5.3Na/c1-12-2-8-17-24(25(12)47(40,41)42)44-27(31-17)14-5-9-16-18(10-14)43-26(30-16)13-3-6-15(7-4-13)32-33-23-21(28)19(45(34,35)36)11-20(22(23)29)46(37,38)39;;;/h2-11H,28-29H2,1H3,(H,34,35,36)(H,37,38,39)(H,40,41,42);;;/q;3*+1/p-3. The maximum atomic E-state index is 11.9. The minimum atomic E-state index is -5.30. The molecule has 23 heteroatoms. The third-order valence-electron chi connectivity index (χ3n) is 6.82. The Morgan fingerprint density at radius 3 is 1.72 bits per heavy atom. The molecule has 0 aliphatic carbocycles. The van der Waals surface area contributed by atoms with Crippen LogP contribution in [0.25, 0.3) is 41.6 Å². The van der Waals surface area contributed by atoms with Gasteiger partial charge in [0.05, 0.1) is 52.2 Å². The van der Waals surface area contributed by atoms with E-state index in [4.69, 9.17) is 11.5 Å². The summed E-state index contributed by atoms with van der Waals surface area (Å²) in [4.78, 5) is 6.55. The Hall–Kier alpha value is -1.41. The van der Waals surface area contributed by atoms with Crippen LogP contribution in [0.3, 0.4) is 0 Å². The Kier molecular flexibility index (Phi) is 13.7. The molecule has 0 radical (unpaired) electrons. The normalized spacial score (nSPS) is 12.1. The van der Waals surface area contributed by atoms with Gasteiger partial charge in [-0.05, 0) is 67.1 Å². The number of aryl methyl sites for hydroxylation is 1. The fraction of sp³-hybridized carbons (Fsp3) is 0.0370. The minimum Gasteiger partial charge on any atom is -0.744 e. The zero-order valence-electron chi connectivity index (χ0n) is 26.4. The van der Waals surface area contributed by atoms with Crippen molar-refractivity contribution in [2.24, 2.45) is 10.2 Å². The summed E-state index contributed by atoms with van der Waals surface area (Å²) < 4.78 is 106. The van der Waals surface area contributed by atoms with Crippen molar-refractivity contribution in [2.45, 2.75) is 21.6 Å². The van der Waals surface area contributed by atoms with Crippen LogP contribution >= 0.6 is 22.7 Å². The van der Waals surface area contributed by atoms with Gasteiger partial charge in [0.25, 0.3) is 0 Å². The number of fused-ring (bicyclic) bond motifs is 2. The van der Waals surface area contributed by atoms with Crippen molar-refractivity contribution < 1.29 is 128 Å². The number of nitrogens with two attached hydrogens (primary N) is 2. The summed E-state index contributed by atoms with van der Waals surface area (Å²) in [5.74, 6) is 0. The molecular formula is C27H17N6Na3O9S5. The number of azo groups is 1. The summed E-state index contributed by atoms with van der Waals surface area (Å²) in [5.41, 5.74) is 12.3. The Morgan fingerprint density at radius 2 is 1.16 bits per heavy atom. The largest absolute Gasteiger partial charge is 1.00 e. The molecule has 0 spiro atoms. The van der Waals surface area contributed by atoms with Crippen LogP contribution in [-0.2, 0) is 30.4 Å². The SMILES string of the molecule is Cc1ccc2nc(-c3ccc4nc(-c5ccc(N=Nc6c(N)c(S(=O)(=O)[O-])cc(S(=O)(=O)[O-])c6N)cc5)sc4c3)sc2c1S(=O)(=O)[O-].[Na+].[Na+].[Na+]. The predicted octanol–water partition coefficient (Wildman–Crippen LogP) is -4.15. The van der Waals surface area contributed by atoms with Crippen LogP contribution in [0.4, 0.5) is 22.7 Å². The van der Waals surface area contributed by atoms with Gasteiger partial charge in [0.15, 0.2) is 0 Å². The summed E-state index contributed by atoms with van der Waals surface area (Å²) in [6, 6.07) is 15.3. The van der Waals surface area contributed by atoms with Gasteiger partial charge in [-0.3, -0.25) is 0 Å². The molecule has 0 aliphatic heterocycles. The van der Waals surface area contributed by atoms with Crippen LogP contribution in [0.2, 0.25) is 0 Å². The number of hydrogen-bond donors (Lipinski definition) is 2. The third-order valence-corrected chi connectivity index (χ3v) is 11.9. The molecule has 50 heavy (non-hydrogen) atoms. The first kappa shape index (κ1) is 43.0. The number of aromatic nitrogens is 2. The monoisotopic (exact) mass is 798 g/mol. The first-order chi connectivity index (χ1) is 21.9. The van der Waals surface area contributed by atoms with Crippen molar-refractivity contribution in [3.63, 3.8) is 0 Å². The number of rotatable bonds is 7. The van der Waals surface area contributed by atoms with Crippen LogP contribution in [0.5, 0.6) is 0 Å². The third kappa shape index (κ3) is 8.69. The average molecular weight is 799 g/mol. The second-order valence-corrected chi connectivity index (χ2v) is 16.0. The van der Waals surface area contributed by atoms with Crippen molar-refractivity contribution in [1.29, 1.82) is 0 Å². The minimum absolute atomic E-state index is 0. The van der Waals surface area contributed by atoms with E-state index in [9.17, 15) is 38.9 Å². The molecule has 0 fully saturated rings. The van der Waals surface area contributed by atoms with E-state index in [1.165, 1.54) is 23.5 Å². The van der Waals surface area contributed by atoms with E-state index in [1.54, 1.807) is 43.3 Å². The van der Waals surface area contributed by atoms with Crippen molar-refractivity contribution in [2.75, 3.05) is 11.5 Å².